The normalized spacial score (nSPS) is 18.9. The second-order valence-corrected chi connectivity index (χ2v) is 12.0. The topological polar surface area (TPSA) is 102 Å². The molecule has 2 aromatic heterocycles. The van der Waals surface area contributed by atoms with Crippen molar-refractivity contribution in [1.82, 2.24) is 19.9 Å². The smallest absolute Gasteiger partial charge is 0.366 e. The number of alkyl halides is 8. The number of nitrogens with two attached hydrogens (primary N) is 1. The average molecular weight is 646 g/mol. The predicted octanol–water partition coefficient (Wildman–Crippen LogP) is 6.80. The summed E-state index contributed by atoms with van der Waals surface area (Å²) in [6, 6.07) is 4.98. The van der Waals surface area contributed by atoms with Gasteiger partial charge in [0, 0.05) is 30.7 Å². The Balaban J connectivity index is 1.54. The Labute approximate surface area is 252 Å². The molecule has 7 nitrogen and oxygen atoms in total. The van der Waals surface area contributed by atoms with Gasteiger partial charge in [0.2, 0.25) is 17.7 Å². The van der Waals surface area contributed by atoms with E-state index in [2.05, 4.69) is 15.4 Å². The molecule has 0 bridgehead atoms. The van der Waals surface area contributed by atoms with Crippen LogP contribution < -0.4 is 11.1 Å². The molecule has 3 N–H and O–H groups in total. The van der Waals surface area contributed by atoms with Gasteiger partial charge in [-0.1, -0.05) is 12.1 Å². The zero-order valence-corrected chi connectivity index (χ0v) is 23.9. The number of benzene rings is 1. The van der Waals surface area contributed by atoms with Crippen molar-refractivity contribution in [2.75, 3.05) is 0 Å². The van der Waals surface area contributed by atoms with Crippen molar-refractivity contribution in [2.24, 2.45) is 17.6 Å². The Morgan fingerprint density at radius 3 is 2.31 bits per heavy atom. The molecule has 5 rings (SSSR count). The predicted molar refractivity (Wildman–Crippen MR) is 145 cm³/mol. The molecule has 0 unspecified atom stereocenters. The minimum Gasteiger partial charge on any atom is -0.366 e. The number of halogens is 8. The summed E-state index contributed by atoms with van der Waals surface area (Å²) in [5, 5.41) is 7.00. The lowest BCUT2D eigenvalue weighted by molar-refractivity contribution is -0.144. The van der Waals surface area contributed by atoms with E-state index in [-0.39, 0.29) is 46.8 Å². The van der Waals surface area contributed by atoms with Gasteiger partial charge < -0.3 is 11.1 Å². The van der Waals surface area contributed by atoms with Crippen LogP contribution >= 0.6 is 0 Å². The van der Waals surface area contributed by atoms with Crippen LogP contribution in [0.2, 0.25) is 0 Å². The average Bonchev–Trinajstić information content (AvgIpc) is 3.69. The second-order valence-electron chi connectivity index (χ2n) is 12.0. The first-order valence-electron chi connectivity index (χ1n) is 14.6. The molecule has 2 saturated carbocycles. The Morgan fingerprint density at radius 2 is 1.71 bits per heavy atom. The molecule has 0 saturated heterocycles. The number of aromatic nitrogens is 3. The summed E-state index contributed by atoms with van der Waals surface area (Å²) in [4.78, 5) is 29.2. The molecule has 244 valence electrons. The number of fused-ring (bicyclic) bond motifs is 1. The molecule has 0 spiro atoms. The van der Waals surface area contributed by atoms with Crippen LogP contribution in [0, 0.1) is 11.8 Å². The largest absolute Gasteiger partial charge is 0.393 e. The van der Waals surface area contributed by atoms with Gasteiger partial charge in [0.15, 0.2) is 5.65 Å². The summed E-state index contributed by atoms with van der Waals surface area (Å²) >= 11 is 0. The zero-order valence-electron chi connectivity index (χ0n) is 23.9. The number of hydrogen-bond acceptors (Lipinski definition) is 4. The monoisotopic (exact) mass is 645 g/mol. The van der Waals surface area contributed by atoms with Crippen molar-refractivity contribution in [3.8, 4) is 0 Å². The number of carbonyl (C=O) groups is 2. The summed E-state index contributed by atoms with van der Waals surface area (Å²) in [7, 11) is 0. The lowest BCUT2D eigenvalue weighted by Gasteiger charge is -2.34. The first-order valence-corrected chi connectivity index (χ1v) is 14.6. The van der Waals surface area contributed by atoms with Crippen LogP contribution in [-0.4, -0.2) is 44.7 Å². The number of imidazole rings is 1. The van der Waals surface area contributed by atoms with E-state index in [1.807, 2.05) is 0 Å². The quantitative estimate of drug-likeness (QED) is 0.237. The van der Waals surface area contributed by atoms with E-state index >= 15 is 0 Å². The first kappa shape index (κ1) is 32.6. The van der Waals surface area contributed by atoms with Crippen molar-refractivity contribution in [3.05, 3.63) is 64.6 Å². The van der Waals surface area contributed by atoms with E-state index in [4.69, 9.17) is 5.73 Å². The first-order chi connectivity index (χ1) is 21.0. The van der Waals surface area contributed by atoms with Gasteiger partial charge in [0.25, 0.3) is 0 Å². The van der Waals surface area contributed by atoms with Crippen molar-refractivity contribution >= 4 is 17.5 Å². The molecule has 1 aromatic carbocycles. The molecule has 2 aliphatic rings. The number of rotatable bonds is 10. The SMILES string of the molecule is NC(=O)c1cccc([C@@H](c2cn3ncc([C@H](NC(=O)CCC(F)(F)F)C4CC4)cc3n2)C2CCC(F)(F)CC2)c1CC(F)(F)F. The van der Waals surface area contributed by atoms with Gasteiger partial charge in [0.05, 0.1) is 37.0 Å². The van der Waals surface area contributed by atoms with Crippen LogP contribution in [0.5, 0.6) is 0 Å². The lowest BCUT2D eigenvalue weighted by Crippen LogP contribution is -2.30. The maximum absolute atomic E-state index is 14.1. The molecule has 2 amide bonds. The van der Waals surface area contributed by atoms with E-state index < -0.39 is 80.1 Å². The van der Waals surface area contributed by atoms with Gasteiger partial charge in [0.1, 0.15) is 0 Å². The third kappa shape index (κ3) is 8.09. The van der Waals surface area contributed by atoms with E-state index in [1.165, 1.54) is 35.1 Å². The fourth-order valence-corrected chi connectivity index (χ4v) is 6.21. The summed E-state index contributed by atoms with van der Waals surface area (Å²) in [6.45, 7) is 0. The molecule has 2 atom stereocenters. The molecule has 0 aliphatic heterocycles. The van der Waals surface area contributed by atoms with Gasteiger partial charge in [-0.25, -0.2) is 18.3 Å². The van der Waals surface area contributed by atoms with Gasteiger partial charge in [-0.2, -0.15) is 31.4 Å². The minimum absolute atomic E-state index is 0.00974. The number of carbonyl (C=O) groups excluding carboxylic acids is 2. The third-order valence-corrected chi connectivity index (χ3v) is 8.51. The van der Waals surface area contributed by atoms with Crippen LogP contribution in [0.4, 0.5) is 35.1 Å². The maximum Gasteiger partial charge on any atom is 0.393 e. The Morgan fingerprint density at radius 1 is 1.02 bits per heavy atom. The van der Waals surface area contributed by atoms with Crippen molar-refractivity contribution in [2.45, 2.75) is 88.0 Å². The van der Waals surface area contributed by atoms with Crippen molar-refractivity contribution in [1.29, 1.82) is 0 Å². The fraction of sp³-hybridized carbons (Fsp3) is 0.533. The highest BCUT2D eigenvalue weighted by Gasteiger charge is 2.42. The molecule has 3 aromatic rings. The van der Waals surface area contributed by atoms with Gasteiger partial charge in [-0.3, -0.25) is 9.59 Å². The third-order valence-electron chi connectivity index (χ3n) is 8.51. The van der Waals surface area contributed by atoms with Gasteiger partial charge in [-0.05, 0) is 66.3 Å². The highest BCUT2D eigenvalue weighted by Crippen LogP contribution is 2.47. The van der Waals surface area contributed by atoms with Crippen LogP contribution in [0.3, 0.4) is 0 Å². The van der Waals surface area contributed by atoms with Crippen LogP contribution in [0.25, 0.3) is 5.65 Å². The highest BCUT2D eigenvalue weighted by molar-refractivity contribution is 5.94. The van der Waals surface area contributed by atoms with Crippen molar-refractivity contribution < 1.29 is 44.7 Å². The van der Waals surface area contributed by atoms with Gasteiger partial charge in [-0.15, -0.1) is 0 Å². The van der Waals surface area contributed by atoms with E-state index in [9.17, 15) is 44.7 Å². The van der Waals surface area contributed by atoms with E-state index in [0.717, 1.165) is 12.8 Å². The number of nitrogens with zero attached hydrogens (tertiary/aromatic N) is 3. The van der Waals surface area contributed by atoms with E-state index in [0.29, 0.717) is 5.56 Å². The Bertz CT molecular complexity index is 1550. The molecule has 2 heterocycles. The summed E-state index contributed by atoms with van der Waals surface area (Å²) in [5.74, 6) is -6.22. The molecule has 0 radical (unpaired) electrons. The van der Waals surface area contributed by atoms with Crippen LogP contribution in [0.15, 0.2) is 36.7 Å². The molecular formula is C30H31F8N5O2. The van der Waals surface area contributed by atoms with Crippen molar-refractivity contribution in [3.63, 3.8) is 0 Å². The Kier molecular flexibility index (Phi) is 8.84. The summed E-state index contributed by atoms with van der Waals surface area (Å²) in [6.07, 6.45) is -9.21. The molecule has 2 aliphatic carbocycles. The number of primary amides is 1. The molecule has 2 fully saturated rings. The molecular weight excluding hydrogens is 614 g/mol. The van der Waals surface area contributed by atoms with Crippen LogP contribution in [-0.2, 0) is 11.2 Å². The number of amides is 2. The standard InChI is InChI=1S/C30H31F8N5O2/c31-28(32)9-6-16(7-10-28)25(19-2-1-3-20(27(39)45)21(19)13-30(36,37)38)22-15-43-23(41-22)12-18(14-40-43)26(17-4-5-17)42-24(44)8-11-29(33,34)35/h1-3,12,14-17,25-26H,4-11,13H2,(H2,39,45)(H,42,44)/t25-,26+/m0/s1. The highest BCUT2D eigenvalue weighted by atomic mass is 19.4. The molecule has 15 heteroatoms. The van der Waals surface area contributed by atoms with Gasteiger partial charge >= 0.3 is 12.4 Å². The lowest BCUT2D eigenvalue weighted by atomic mass is 9.72. The minimum atomic E-state index is -4.71. The second kappa shape index (κ2) is 12.2. The molecule has 45 heavy (non-hydrogen) atoms. The Hall–Kier alpha value is -3.78. The maximum atomic E-state index is 14.1. The zero-order chi connectivity index (χ0) is 32.7. The van der Waals surface area contributed by atoms with E-state index in [1.54, 1.807) is 6.07 Å². The fourth-order valence-electron chi connectivity index (χ4n) is 6.21. The summed E-state index contributed by atoms with van der Waals surface area (Å²) < 4.78 is 109. The van der Waals surface area contributed by atoms with Crippen LogP contribution in [0.1, 0.15) is 96.1 Å². The summed E-state index contributed by atoms with van der Waals surface area (Å²) in [5.41, 5.74) is 5.86. The number of hydrogen-bond donors (Lipinski definition) is 2. The number of nitrogens with one attached hydrogen (secondary N) is 1.